The van der Waals surface area contributed by atoms with Gasteiger partial charge in [0.15, 0.2) is 11.5 Å². The molecular formula is C29H27N9O2. The number of nitrogens with one attached hydrogen (secondary N) is 1. The maximum atomic E-state index is 13.2. The predicted octanol–water partition coefficient (Wildman–Crippen LogP) is 4.14. The van der Waals surface area contributed by atoms with Crippen molar-refractivity contribution in [3.8, 4) is 11.5 Å². The molecule has 6 heterocycles. The number of rotatable bonds is 6. The molecule has 1 aromatic carbocycles. The molecule has 2 saturated heterocycles. The summed E-state index contributed by atoms with van der Waals surface area (Å²) in [6, 6.07) is 13.2. The van der Waals surface area contributed by atoms with E-state index in [1.807, 2.05) is 55.6 Å². The predicted molar refractivity (Wildman–Crippen MR) is 151 cm³/mol. The molecular weight excluding hydrogens is 506 g/mol. The van der Waals surface area contributed by atoms with Gasteiger partial charge in [-0.05, 0) is 62.4 Å². The zero-order valence-electron chi connectivity index (χ0n) is 22.2. The third-order valence-corrected chi connectivity index (χ3v) is 7.32. The summed E-state index contributed by atoms with van der Waals surface area (Å²) in [5.41, 5.74) is 4.66. The Balaban J connectivity index is 1.11. The Hall–Kier alpha value is -4.90. The number of likely N-dealkylation sites (tertiary alicyclic amines) is 1. The lowest BCUT2D eigenvalue weighted by Gasteiger charge is -2.34. The first kappa shape index (κ1) is 24.2. The van der Waals surface area contributed by atoms with E-state index in [0.717, 1.165) is 42.1 Å². The molecule has 2 aliphatic rings. The lowest BCUT2D eigenvalue weighted by atomic mass is 9.97. The van der Waals surface area contributed by atoms with Crippen LogP contribution in [0.1, 0.15) is 12.0 Å². The van der Waals surface area contributed by atoms with Crippen LogP contribution in [0.5, 0.6) is 11.5 Å². The fourth-order valence-electron chi connectivity index (χ4n) is 5.26. The first-order valence-corrected chi connectivity index (χ1v) is 13.2. The van der Waals surface area contributed by atoms with Crippen molar-refractivity contribution in [1.29, 1.82) is 0 Å². The topological polar surface area (TPSA) is 114 Å². The highest BCUT2D eigenvalue weighted by molar-refractivity contribution is 6.08. The second kappa shape index (κ2) is 9.69. The van der Waals surface area contributed by atoms with E-state index in [4.69, 9.17) is 9.72 Å². The van der Waals surface area contributed by atoms with Gasteiger partial charge in [-0.25, -0.2) is 24.5 Å². The molecule has 5 aromatic rings. The first-order valence-electron chi connectivity index (χ1n) is 13.2. The molecule has 0 unspecified atom stereocenters. The second-order valence-electron chi connectivity index (χ2n) is 10.3. The van der Waals surface area contributed by atoms with Gasteiger partial charge in [0.2, 0.25) is 0 Å². The van der Waals surface area contributed by atoms with E-state index < -0.39 is 0 Å². The molecule has 200 valence electrons. The van der Waals surface area contributed by atoms with Crippen LogP contribution in [0.2, 0.25) is 0 Å². The number of nitrogens with zero attached hydrogens (tertiary/aromatic N) is 8. The van der Waals surface area contributed by atoms with Crippen molar-refractivity contribution < 1.29 is 9.53 Å². The van der Waals surface area contributed by atoms with Gasteiger partial charge in [0, 0.05) is 49.1 Å². The average Bonchev–Trinajstić information content (AvgIpc) is 3.55. The Morgan fingerprint density at radius 2 is 1.95 bits per heavy atom. The number of pyridine rings is 2. The molecule has 1 amide bonds. The summed E-state index contributed by atoms with van der Waals surface area (Å²) in [6.45, 7) is 4.61. The third-order valence-electron chi connectivity index (χ3n) is 7.32. The minimum absolute atomic E-state index is 0.0298. The van der Waals surface area contributed by atoms with Crippen molar-refractivity contribution in [2.75, 3.05) is 36.9 Å². The zero-order chi connectivity index (χ0) is 27.2. The first-order chi connectivity index (χ1) is 19.5. The summed E-state index contributed by atoms with van der Waals surface area (Å²) in [7, 11) is 2.09. The van der Waals surface area contributed by atoms with E-state index in [0.29, 0.717) is 46.5 Å². The minimum atomic E-state index is 0.0298. The van der Waals surface area contributed by atoms with Gasteiger partial charge in [0.1, 0.15) is 35.5 Å². The highest BCUT2D eigenvalue weighted by Crippen LogP contribution is 2.32. The van der Waals surface area contributed by atoms with Gasteiger partial charge in [-0.1, -0.05) is 6.08 Å². The molecule has 11 heteroatoms. The fourth-order valence-corrected chi connectivity index (χ4v) is 5.26. The molecule has 1 N–H and O–H groups in total. The van der Waals surface area contributed by atoms with Gasteiger partial charge in [0.25, 0.3) is 5.91 Å². The maximum Gasteiger partial charge on any atom is 0.255 e. The number of aromatic nitrogens is 6. The number of hydrogen-bond acceptors (Lipinski definition) is 9. The highest BCUT2D eigenvalue weighted by atomic mass is 16.5. The molecule has 4 aromatic heterocycles. The largest absolute Gasteiger partial charge is 0.457 e. The van der Waals surface area contributed by atoms with Crippen LogP contribution >= 0.6 is 0 Å². The van der Waals surface area contributed by atoms with Crippen LogP contribution in [0.4, 0.5) is 17.3 Å². The molecule has 0 saturated carbocycles. The quantitative estimate of drug-likeness (QED) is 0.322. The number of aryl methyl sites for hydroxylation is 1. The van der Waals surface area contributed by atoms with Crippen LogP contribution in [0.15, 0.2) is 73.0 Å². The van der Waals surface area contributed by atoms with Gasteiger partial charge in [0.05, 0.1) is 5.52 Å². The van der Waals surface area contributed by atoms with Crippen molar-refractivity contribution in [3.05, 3.63) is 78.5 Å². The van der Waals surface area contributed by atoms with Crippen LogP contribution < -0.4 is 15.0 Å². The van der Waals surface area contributed by atoms with Crippen molar-refractivity contribution in [1.82, 2.24) is 34.4 Å². The average molecular weight is 534 g/mol. The fraction of sp³-hybridized carbons (Fsp3) is 0.241. The Labute approximate surface area is 230 Å². The van der Waals surface area contributed by atoms with Crippen molar-refractivity contribution in [2.24, 2.45) is 5.92 Å². The molecule has 2 aliphatic heterocycles. The number of benzene rings is 1. The summed E-state index contributed by atoms with van der Waals surface area (Å²) in [4.78, 5) is 35.0. The van der Waals surface area contributed by atoms with Crippen LogP contribution in [-0.2, 0) is 4.79 Å². The summed E-state index contributed by atoms with van der Waals surface area (Å²) in [5.74, 6) is 3.06. The van der Waals surface area contributed by atoms with Crippen LogP contribution in [0, 0.1) is 12.8 Å². The van der Waals surface area contributed by atoms with E-state index in [2.05, 4.69) is 43.4 Å². The van der Waals surface area contributed by atoms with E-state index in [9.17, 15) is 4.79 Å². The highest BCUT2D eigenvalue weighted by Gasteiger charge is 2.31. The number of anilines is 3. The Bertz CT molecular complexity index is 1790. The number of amides is 1. The van der Waals surface area contributed by atoms with Crippen molar-refractivity contribution in [2.45, 2.75) is 13.3 Å². The van der Waals surface area contributed by atoms with Gasteiger partial charge in [-0.2, -0.15) is 5.10 Å². The summed E-state index contributed by atoms with van der Waals surface area (Å²) < 4.78 is 7.78. The van der Waals surface area contributed by atoms with Crippen molar-refractivity contribution in [3.63, 3.8) is 0 Å². The minimum Gasteiger partial charge on any atom is -0.457 e. The molecule has 0 bridgehead atoms. The van der Waals surface area contributed by atoms with E-state index in [-0.39, 0.29) is 5.91 Å². The normalized spacial score (nSPS) is 17.2. The number of carbonyl (C=O) groups excluding carboxylic acids is 1. The number of hydrogen-bond donors (Lipinski definition) is 1. The Kier molecular flexibility index (Phi) is 5.85. The smallest absolute Gasteiger partial charge is 0.255 e. The van der Waals surface area contributed by atoms with Gasteiger partial charge < -0.3 is 15.0 Å². The molecule has 0 aliphatic carbocycles. The number of carbonyl (C=O) groups is 1. The summed E-state index contributed by atoms with van der Waals surface area (Å²) in [6.07, 6.45) is 7.70. The van der Waals surface area contributed by atoms with E-state index >= 15 is 0 Å². The van der Waals surface area contributed by atoms with Gasteiger partial charge in [-0.3, -0.25) is 9.69 Å². The monoisotopic (exact) mass is 533 g/mol. The van der Waals surface area contributed by atoms with Crippen LogP contribution in [-0.4, -0.2) is 67.0 Å². The van der Waals surface area contributed by atoms with E-state index in [1.54, 1.807) is 9.42 Å². The molecule has 11 nitrogen and oxygen atoms in total. The van der Waals surface area contributed by atoms with Crippen molar-refractivity contribution >= 4 is 39.9 Å². The summed E-state index contributed by atoms with van der Waals surface area (Å²) >= 11 is 0. The molecule has 40 heavy (non-hydrogen) atoms. The standard InChI is InChI=1S/C29H27N9O2/c1-18-11-21(3-5-24(18)40-22-8-10-38-26(13-22)31-17-33-38)34-28-27-23(30-16-32-28)4-6-25(35-27)37-9-7-20(29(37)39)12-19-14-36(2)15-19/h3-6,8,10-13,16-17,19H,7,9,14-15H2,1-2H3,(H,30,32,34)/b20-12+. The van der Waals surface area contributed by atoms with E-state index in [1.165, 1.54) is 12.7 Å². The maximum absolute atomic E-state index is 13.2. The number of fused-ring (bicyclic) bond motifs is 2. The molecule has 0 radical (unpaired) electrons. The lowest BCUT2D eigenvalue weighted by Crippen LogP contribution is -2.42. The SMILES string of the molecule is Cc1cc(Nc2ncnc3ccc(N4CC/C(=C\C5CN(C)C5)C4=O)nc23)ccc1Oc1ccn2ncnc2c1. The molecule has 7 rings (SSSR count). The van der Waals surface area contributed by atoms with Gasteiger partial charge in [-0.15, -0.1) is 0 Å². The summed E-state index contributed by atoms with van der Waals surface area (Å²) in [5, 5.41) is 7.49. The lowest BCUT2D eigenvalue weighted by molar-refractivity contribution is -0.114. The van der Waals surface area contributed by atoms with Crippen LogP contribution in [0.25, 0.3) is 16.7 Å². The van der Waals surface area contributed by atoms with Gasteiger partial charge >= 0.3 is 0 Å². The zero-order valence-corrected chi connectivity index (χ0v) is 22.2. The Morgan fingerprint density at radius 3 is 2.80 bits per heavy atom. The molecule has 2 fully saturated rings. The Morgan fingerprint density at radius 1 is 1.05 bits per heavy atom. The number of ether oxygens (including phenoxy) is 1. The third kappa shape index (κ3) is 4.50. The second-order valence-corrected chi connectivity index (χ2v) is 10.3. The van der Waals surface area contributed by atoms with Crippen LogP contribution in [0.3, 0.4) is 0 Å². The molecule has 0 atom stereocenters. The molecule has 0 spiro atoms.